The van der Waals surface area contributed by atoms with Gasteiger partial charge < -0.3 is 5.32 Å². The van der Waals surface area contributed by atoms with Crippen molar-refractivity contribution in [2.45, 2.75) is 40.7 Å². The van der Waals surface area contributed by atoms with Gasteiger partial charge in [-0.15, -0.1) is 0 Å². The van der Waals surface area contributed by atoms with Gasteiger partial charge in [-0.25, -0.2) is 0 Å². The lowest BCUT2D eigenvalue weighted by Gasteiger charge is -2.18. The summed E-state index contributed by atoms with van der Waals surface area (Å²) in [4.78, 5) is 10.7. The van der Waals surface area contributed by atoms with Gasteiger partial charge in [-0.3, -0.25) is 9.80 Å². The van der Waals surface area contributed by atoms with E-state index >= 15 is 0 Å². The third-order valence-corrected chi connectivity index (χ3v) is 1.79. The molecule has 0 spiro atoms. The Morgan fingerprint density at radius 1 is 1.50 bits per heavy atom. The average molecular weight is 227 g/mol. The molecule has 0 radical (unpaired) electrons. The van der Waals surface area contributed by atoms with Crippen molar-refractivity contribution in [2.75, 3.05) is 13.6 Å². The standard InChI is InChI=1S/C10H19N3O.C2H6/c1-6-10(7-11-9(4)14)12-13(5)8(2)3;1-2/h6,8H,1,7H2,2-5H3,(H,11,14);1-2H3/b12-10+;. The molecule has 0 unspecified atom stereocenters. The Labute approximate surface area is 99.4 Å². The highest BCUT2D eigenvalue weighted by atomic mass is 16.1. The molecule has 0 aliphatic heterocycles. The second-order valence-electron chi connectivity index (χ2n) is 3.37. The number of hydrogen-bond donors (Lipinski definition) is 1. The SMILES string of the molecule is C=C/C(CNC(C)=O)=N\N(C)C(C)C.CC. The molecule has 1 amide bonds. The van der Waals surface area contributed by atoms with Gasteiger partial charge in [0.05, 0.1) is 12.3 Å². The van der Waals surface area contributed by atoms with Crippen LogP contribution in [-0.4, -0.2) is 36.3 Å². The number of amides is 1. The molecule has 0 aliphatic rings. The van der Waals surface area contributed by atoms with Gasteiger partial charge in [-0.1, -0.05) is 20.4 Å². The van der Waals surface area contributed by atoms with Crippen LogP contribution in [0.15, 0.2) is 17.8 Å². The lowest BCUT2D eigenvalue weighted by atomic mass is 10.3. The highest BCUT2D eigenvalue weighted by molar-refractivity contribution is 5.97. The molecule has 0 rings (SSSR count). The van der Waals surface area contributed by atoms with Crippen LogP contribution in [0.3, 0.4) is 0 Å². The Morgan fingerprint density at radius 3 is 2.31 bits per heavy atom. The van der Waals surface area contributed by atoms with Gasteiger partial charge in [0.1, 0.15) is 0 Å². The van der Waals surface area contributed by atoms with Crippen molar-refractivity contribution in [3.63, 3.8) is 0 Å². The van der Waals surface area contributed by atoms with E-state index in [4.69, 9.17) is 0 Å². The van der Waals surface area contributed by atoms with Crippen molar-refractivity contribution in [2.24, 2.45) is 5.10 Å². The predicted octanol–water partition coefficient (Wildman–Crippen LogP) is 2.03. The monoisotopic (exact) mass is 227 g/mol. The maximum atomic E-state index is 10.7. The van der Waals surface area contributed by atoms with E-state index < -0.39 is 0 Å². The van der Waals surface area contributed by atoms with Crippen molar-refractivity contribution in [1.29, 1.82) is 0 Å². The summed E-state index contributed by atoms with van der Waals surface area (Å²) in [6.07, 6.45) is 1.65. The van der Waals surface area contributed by atoms with Crippen LogP contribution in [0.5, 0.6) is 0 Å². The highest BCUT2D eigenvalue weighted by Gasteiger charge is 2.01. The van der Waals surface area contributed by atoms with Gasteiger partial charge in [-0.05, 0) is 19.9 Å². The Balaban J connectivity index is 0. The van der Waals surface area contributed by atoms with Gasteiger partial charge >= 0.3 is 0 Å². The third kappa shape index (κ3) is 9.24. The molecule has 0 aromatic carbocycles. The fourth-order valence-corrected chi connectivity index (χ4v) is 0.681. The normalized spacial score (nSPS) is 10.3. The fourth-order valence-electron chi connectivity index (χ4n) is 0.681. The van der Waals surface area contributed by atoms with E-state index in [1.54, 1.807) is 6.08 Å². The van der Waals surface area contributed by atoms with Crippen LogP contribution in [0.25, 0.3) is 0 Å². The number of hydrogen-bond acceptors (Lipinski definition) is 3. The van der Waals surface area contributed by atoms with E-state index in [0.717, 1.165) is 5.71 Å². The Bertz CT molecular complexity index is 234. The molecular weight excluding hydrogens is 202 g/mol. The van der Waals surface area contributed by atoms with Crippen LogP contribution in [0.4, 0.5) is 0 Å². The molecule has 4 nitrogen and oxygen atoms in total. The maximum Gasteiger partial charge on any atom is 0.217 e. The minimum Gasteiger partial charge on any atom is -0.351 e. The number of nitrogens with zero attached hydrogens (tertiary/aromatic N) is 2. The minimum absolute atomic E-state index is 0.0632. The van der Waals surface area contributed by atoms with E-state index in [1.807, 2.05) is 39.8 Å². The molecule has 0 bridgehead atoms. The second kappa shape index (κ2) is 10.2. The van der Waals surface area contributed by atoms with E-state index in [2.05, 4.69) is 17.0 Å². The van der Waals surface area contributed by atoms with Crippen molar-refractivity contribution >= 4 is 11.6 Å². The van der Waals surface area contributed by atoms with Gasteiger partial charge in [0.15, 0.2) is 0 Å². The zero-order valence-corrected chi connectivity index (χ0v) is 11.4. The van der Waals surface area contributed by atoms with Crippen LogP contribution in [0.1, 0.15) is 34.6 Å². The second-order valence-corrected chi connectivity index (χ2v) is 3.37. The van der Waals surface area contributed by atoms with Gasteiger partial charge in [0, 0.05) is 20.0 Å². The molecule has 4 heteroatoms. The number of rotatable bonds is 5. The molecule has 0 aromatic rings. The first kappa shape index (κ1) is 17.1. The summed E-state index contributed by atoms with van der Waals surface area (Å²) in [5.74, 6) is -0.0632. The number of carbonyl (C=O) groups is 1. The van der Waals surface area contributed by atoms with Gasteiger partial charge in [0.2, 0.25) is 5.91 Å². The van der Waals surface area contributed by atoms with Crippen LogP contribution in [-0.2, 0) is 4.79 Å². The van der Waals surface area contributed by atoms with Gasteiger partial charge in [0.25, 0.3) is 0 Å². The zero-order chi connectivity index (χ0) is 13.1. The Kier molecular flexibility index (Phi) is 10.9. The lowest BCUT2D eigenvalue weighted by Crippen LogP contribution is -2.29. The number of nitrogens with one attached hydrogen (secondary N) is 1. The fraction of sp³-hybridized carbons (Fsp3) is 0.667. The Morgan fingerprint density at radius 2 is 2.00 bits per heavy atom. The van der Waals surface area contributed by atoms with E-state index in [-0.39, 0.29) is 5.91 Å². The molecule has 0 aromatic heterocycles. The first-order valence-corrected chi connectivity index (χ1v) is 5.64. The summed E-state index contributed by atoms with van der Waals surface area (Å²) in [6, 6.07) is 0.335. The molecule has 0 saturated carbocycles. The van der Waals surface area contributed by atoms with Crippen molar-refractivity contribution < 1.29 is 4.79 Å². The smallest absolute Gasteiger partial charge is 0.217 e. The number of hydrazone groups is 1. The van der Waals surface area contributed by atoms with Crippen LogP contribution in [0, 0.1) is 0 Å². The summed E-state index contributed by atoms with van der Waals surface area (Å²) in [7, 11) is 1.89. The highest BCUT2D eigenvalue weighted by Crippen LogP contribution is 1.95. The van der Waals surface area contributed by atoms with Crippen molar-refractivity contribution in [3.8, 4) is 0 Å². The molecule has 1 N–H and O–H groups in total. The van der Waals surface area contributed by atoms with Crippen LogP contribution < -0.4 is 5.32 Å². The Hall–Kier alpha value is -1.32. The molecule has 0 heterocycles. The molecule has 0 saturated heterocycles. The molecule has 0 fully saturated rings. The molecule has 0 atom stereocenters. The van der Waals surface area contributed by atoms with E-state index in [1.165, 1.54) is 6.92 Å². The average Bonchev–Trinajstić information content (AvgIpc) is 2.26. The first-order chi connectivity index (χ1) is 7.47. The summed E-state index contributed by atoms with van der Waals surface area (Å²) in [6.45, 7) is 13.6. The zero-order valence-electron chi connectivity index (χ0n) is 11.4. The first-order valence-electron chi connectivity index (χ1n) is 5.64. The van der Waals surface area contributed by atoms with Crippen molar-refractivity contribution in [3.05, 3.63) is 12.7 Å². The molecular formula is C12H25N3O. The summed E-state index contributed by atoms with van der Waals surface area (Å²) < 4.78 is 0. The lowest BCUT2D eigenvalue weighted by molar-refractivity contribution is -0.118. The predicted molar refractivity (Wildman–Crippen MR) is 70.6 cm³/mol. The molecule has 16 heavy (non-hydrogen) atoms. The minimum atomic E-state index is -0.0632. The molecule has 0 aliphatic carbocycles. The maximum absolute atomic E-state index is 10.7. The van der Waals surface area contributed by atoms with Gasteiger partial charge in [-0.2, -0.15) is 5.10 Å². The van der Waals surface area contributed by atoms with Crippen LogP contribution >= 0.6 is 0 Å². The number of carbonyl (C=O) groups excluding carboxylic acids is 1. The summed E-state index contributed by atoms with van der Waals surface area (Å²) in [5.41, 5.74) is 0.761. The van der Waals surface area contributed by atoms with E-state index in [9.17, 15) is 4.79 Å². The third-order valence-electron chi connectivity index (χ3n) is 1.79. The summed E-state index contributed by atoms with van der Waals surface area (Å²) >= 11 is 0. The summed E-state index contributed by atoms with van der Waals surface area (Å²) in [5, 5.41) is 8.79. The topological polar surface area (TPSA) is 44.7 Å². The van der Waals surface area contributed by atoms with Crippen molar-refractivity contribution in [1.82, 2.24) is 10.3 Å². The van der Waals surface area contributed by atoms with Crippen LogP contribution in [0.2, 0.25) is 0 Å². The molecule has 94 valence electrons. The van der Waals surface area contributed by atoms with E-state index in [0.29, 0.717) is 12.6 Å². The largest absolute Gasteiger partial charge is 0.351 e. The quantitative estimate of drug-likeness (QED) is 0.577.